The van der Waals surface area contributed by atoms with Gasteiger partial charge in [-0.05, 0) is 36.6 Å². The third kappa shape index (κ3) is 2.54. The number of benzene rings is 1. The summed E-state index contributed by atoms with van der Waals surface area (Å²) in [4.78, 5) is 16.0. The van der Waals surface area contributed by atoms with Crippen molar-refractivity contribution in [2.45, 2.75) is 24.8 Å². The van der Waals surface area contributed by atoms with E-state index in [1.165, 1.54) is 6.07 Å². The van der Waals surface area contributed by atoms with Crippen LogP contribution in [0.1, 0.15) is 24.0 Å². The summed E-state index contributed by atoms with van der Waals surface area (Å²) in [5.74, 6) is -0.342. The second-order valence-corrected chi connectivity index (χ2v) is 5.14. The van der Waals surface area contributed by atoms with Crippen LogP contribution in [0.3, 0.4) is 0 Å². The van der Waals surface area contributed by atoms with E-state index >= 15 is 0 Å². The second kappa shape index (κ2) is 5.04. The van der Waals surface area contributed by atoms with Crippen LogP contribution in [0.5, 0.6) is 0 Å². The zero-order chi connectivity index (χ0) is 14.0. The van der Waals surface area contributed by atoms with Gasteiger partial charge in [0, 0.05) is 18.0 Å². The zero-order valence-corrected chi connectivity index (χ0v) is 11.0. The Bertz CT molecular complexity index is 623. The van der Waals surface area contributed by atoms with Crippen LogP contribution in [0.25, 0.3) is 0 Å². The molecule has 0 saturated heterocycles. The molecule has 1 heterocycles. The van der Waals surface area contributed by atoms with E-state index in [-0.39, 0.29) is 11.7 Å². The summed E-state index contributed by atoms with van der Waals surface area (Å²) in [5.41, 5.74) is 0.986. The number of rotatable bonds is 4. The van der Waals surface area contributed by atoms with E-state index in [1.54, 1.807) is 30.6 Å². The first-order valence-corrected chi connectivity index (χ1v) is 6.65. The Morgan fingerprint density at radius 3 is 2.55 bits per heavy atom. The number of pyridine rings is 1. The van der Waals surface area contributed by atoms with Gasteiger partial charge in [-0.15, -0.1) is 0 Å². The Morgan fingerprint density at radius 1 is 1.20 bits per heavy atom. The van der Waals surface area contributed by atoms with Crippen molar-refractivity contribution in [2.75, 3.05) is 0 Å². The number of carbonyl (C=O) groups excluding carboxylic acids is 1. The molecule has 2 aromatic rings. The average Bonchev–Trinajstić information content (AvgIpc) is 3.20. The number of halogens is 1. The van der Waals surface area contributed by atoms with Crippen molar-refractivity contribution in [1.82, 2.24) is 10.3 Å². The molecular formula is C16H15FN2O. The molecule has 3 nitrogen and oxygen atoms in total. The predicted octanol–water partition coefficient (Wildman–Crippen LogP) is 2.57. The Kier molecular flexibility index (Phi) is 3.22. The first kappa shape index (κ1) is 12.8. The molecule has 1 aliphatic carbocycles. The molecule has 0 atom stereocenters. The average molecular weight is 270 g/mol. The molecule has 0 spiro atoms. The van der Waals surface area contributed by atoms with Gasteiger partial charge in [-0.25, -0.2) is 4.39 Å². The van der Waals surface area contributed by atoms with Crippen LogP contribution < -0.4 is 5.32 Å². The third-order valence-electron chi connectivity index (χ3n) is 3.63. The SMILES string of the molecule is O=C(Cc1ccncc1)NC1(c2ccccc2F)CC1. The van der Waals surface area contributed by atoms with Crippen LogP contribution in [0.2, 0.25) is 0 Å². The third-order valence-corrected chi connectivity index (χ3v) is 3.63. The fourth-order valence-electron chi connectivity index (χ4n) is 2.43. The van der Waals surface area contributed by atoms with Crippen molar-refractivity contribution in [2.24, 2.45) is 0 Å². The highest BCUT2D eigenvalue weighted by atomic mass is 19.1. The fraction of sp³-hybridized carbons (Fsp3) is 0.250. The fourth-order valence-corrected chi connectivity index (χ4v) is 2.43. The van der Waals surface area contributed by atoms with Gasteiger partial charge in [0.05, 0.1) is 12.0 Å². The summed E-state index contributed by atoms with van der Waals surface area (Å²) >= 11 is 0. The van der Waals surface area contributed by atoms with Gasteiger partial charge >= 0.3 is 0 Å². The summed E-state index contributed by atoms with van der Waals surface area (Å²) < 4.78 is 13.8. The van der Waals surface area contributed by atoms with E-state index in [0.717, 1.165) is 18.4 Å². The lowest BCUT2D eigenvalue weighted by molar-refractivity contribution is -0.121. The summed E-state index contributed by atoms with van der Waals surface area (Å²) in [7, 11) is 0. The van der Waals surface area contributed by atoms with Gasteiger partial charge in [0.15, 0.2) is 0 Å². The van der Waals surface area contributed by atoms with E-state index in [0.29, 0.717) is 12.0 Å². The Labute approximate surface area is 116 Å². The molecule has 0 aliphatic heterocycles. The lowest BCUT2D eigenvalue weighted by Gasteiger charge is -2.18. The topological polar surface area (TPSA) is 42.0 Å². The monoisotopic (exact) mass is 270 g/mol. The number of aromatic nitrogens is 1. The second-order valence-electron chi connectivity index (χ2n) is 5.14. The van der Waals surface area contributed by atoms with Crippen LogP contribution in [-0.4, -0.2) is 10.9 Å². The van der Waals surface area contributed by atoms with Crippen molar-refractivity contribution in [3.8, 4) is 0 Å². The number of carbonyl (C=O) groups is 1. The molecule has 102 valence electrons. The molecule has 1 aromatic carbocycles. The quantitative estimate of drug-likeness (QED) is 0.927. The van der Waals surface area contributed by atoms with Crippen molar-refractivity contribution in [3.63, 3.8) is 0 Å². The van der Waals surface area contributed by atoms with Gasteiger partial charge in [-0.1, -0.05) is 18.2 Å². The lowest BCUT2D eigenvalue weighted by atomic mass is 10.0. The number of nitrogens with zero attached hydrogens (tertiary/aromatic N) is 1. The molecule has 0 radical (unpaired) electrons. The van der Waals surface area contributed by atoms with E-state index in [1.807, 2.05) is 12.1 Å². The summed E-state index contributed by atoms with van der Waals surface area (Å²) in [6.45, 7) is 0. The maximum atomic E-state index is 13.8. The van der Waals surface area contributed by atoms with Gasteiger partial charge in [0.2, 0.25) is 5.91 Å². The molecule has 1 saturated carbocycles. The van der Waals surface area contributed by atoms with Crippen LogP contribution >= 0.6 is 0 Å². The molecule has 0 unspecified atom stereocenters. The van der Waals surface area contributed by atoms with Crippen LogP contribution in [0, 0.1) is 5.82 Å². The molecule has 20 heavy (non-hydrogen) atoms. The molecule has 0 bridgehead atoms. The maximum absolute atomic E-state index is 13.8. The van der Waals surface area contributed by atoms with Crippen LogP contribution in [0.4, 0.5) is 4.39 Å². The summed E-state index contributed by atoms with van der Waals surface area (Å²) in [6, 6.07) is 10.3. The number of hydrogen-bond acceptors (Lipinski definition) is 2. The van der Waals surface area contributed by atoms with Gasteiger partial charge in [-0.3, -0.25) is 9.78 Å². The Morgan fingerprint density at radius 2 is 1.90 bits per heavy atom. The standard InChI is InChI=1S/C16H15FN2O/c17-14-4-2-1-3-13(14)16(7-8-16)19-15(20)11-12-5-9-18-10-6-12/h1-6,9-10H,7-8,11H2,(H,19,20). The number of nitrogens with one attached hydrogen (secondary N) is 1. The largest absolute Gasteiger partial charge is 0.346 e. The highest BCUT2D eigenvalue weighted by Crippen LogP contribution is 2.46. The molecule has 4 heteroatoms. The minimum atomic E-state index is -0.505. The van der Waals surface area contributed by atoms with E-state index in [4.69, 9.17) is 0 Å². The normalized spacial score (nSPS) is 15.7. The van der Waals surface area contributed by atoms with Crippen molar-refractivity contribution in [1.29, 1.82) is 0 Å². The smallest absolute Gasteiger partial charge is 0.225 e. The van der Waals surface area contributed by atoms with Crippen molar-refractivity contribution < 1.29 is 9.18 Å². The Hall–Kier alpha value is -2.23. The molecule has 1 N–H and O–H groups in total. The van der Waals surface area contributed by atoms with E-state index < -0.39 is 5.54 Å². The molecule has 1 fully saturated rings. The van der Waals surface area contributed by atoms with E-state index in [2.05, 4.69) is 10.3 Å². The first-order valence-electron chi connectivity index (χ1n) is 6.65. The van der Waals surface area contributed by atoms with Gasteiger partial charge in [-0.2, -0.15) is 0 Å². The van der Waals surface area contributed by atoms with Crippen molar-refractivity contribution in [3.05, 3.63) is 65.7 Å². The number of amides is 1. The van der Waals surface area contributed by atoms with E-state index in [9.17, 15) is 9.18 Å². The highest BCUT2D eigenvalue weighted by molar-refractivity contribution is 5.80. The zero-order valence-electron chi connectivity index (χ0n) is 11.0. The van der Waals surface area contributed by atoms with Crippen molar-refractivity contribution >= 4 is 5.91 Å². The minimum absolute atomic E-state index is 0.0862. The molecule has 3 rings (SSSR count). The number of hydrogen-bond donors (Lipinski definition) is 1. The maximum Gasteiger partial charge on any atom is 0.225 e. The lowest BCUT2D eigenvalue weighted by Crippen LogP contribution is -2.36. The molecular weight excluding hydrogens is 255 g/mol. The molecule has 1 amide bonds. The Balaban J connectivity index is 1.72. The van der Waals surface area contributed by atoms with Gasteiger partial charge in [0.25, 0.3) is 0 Å². The highest BCUT2D eigenvalue weighted by Gasteiger charge is 2.47. The molecule has 1 aliphatic rings. The van der Waals surface area contributed by atoms with Gasteiger partial charge < -0.3 is 5.32 Å². The van der Waals surface area contributed by atoms with Crippen LogP contribution in [0.15, 0.2) is 48.8 Å². The summed E-state index contributed by atoms with van der Waals surface area (Å²) in [6.07, 6.45) is 5.18. The summed E-state index contributed by atoms with van der Waals surface area (Å²) in [5, 5.41) is 2.97. The van der Waals surface area contributed by atoms with Gasteiger partial charge in [0.1, 0.15) is 5.82 Å². The first-order chi connectivity index (χ1) is 9.70. The minimum Gasteiger partial charge on any atom is -0.346 e. The molecule has 1 aromatic heterocycles. The predicted molar refractivity (Wildman–Crippen MR) is 73.4 cm³/mol. The van der Waals surface area contributed by atoms with Crippen LogP contribution in [-0.2, 0) is 16.8 Å².